The number of rotatable bonds is 4. The molecular weight excluding hydrogens is 206 g/mol. The van der Waals surface area contributed by atoms with Crippen LogP contribution in [0.25, 0.3) is 0 Å². The molecule has 0 aromatic carbocycles. The number of pyridine rings is 1. The second-order valence-corrected chi connectivity index (χ2v) is 4.31. The Morgan fingerprint density at radius 1 is 1.54 bits per heavy atom. The van der Waals surface area contributed by atoms with E-state index in [0.29, 0.717) is 28.5 Å². The first-order valence-electron chi connectivity index (χ1n) is 3.74. The van der Waals surface area contributed by atoms with Gasteiger partial charge < -0.3 is 0 Å². The molecule has 0 aliphatic heterocycles. The second-order valence-electron chi connectivity index (χ2n) is 2.27. The van der Waals surface area contributed by atoms with E-state index in [1.807, 2.05) is 0 Å². The number of hydrogen-bond donors (Lipinski definition) is 0. The molecule has 0 N–H and O–H groups in total. The second kappa shape index (κ2) is 5.77. The Morgan fingerprint density at radius 2 is 2.38 bits per heavy atom. The molecule has 0 spiro atoms. The third-order valence-corrected chi connectivity index (χ3v) is 3.05. The van der Waals surface area contributed by atoms with E-state index in [1.165, 1.54) is 5.37 Å². The zero-order chi connectivity index (χ0) is 9.52. The normalized spacial score (nSPS) is 12.0. The summed E-state index contributed by atoms with van der Waals surface area (Å²) in [5, 5.41) is 2.08. The van der Waals surface area contributed by atoms with Gasteiger partial charge in [0.1, 0.15) is 5.03 Å². The van der Waals surface area contributed by atoms with Crippen molar-refractivity contribution in [2.24, 2.45) is 0 Å². The summed E-state index contributed by atoms with van der Waals surface area (Å²) in [4.78, 5) is 3.96. The van der Waals surface area contributed by atoms with E-state index in [0.717, 1.165) is 0 Å². The Bertz CT molecular complexity index is 333. The van der Waals surface area contributed by atoms with Gasteiger partial charge in [-0.15, -0.1) is 0 Å². The van der Waals surface area contributed by atoms with E-state index < -0.39 is 10.8 Å². The Morgan fingerprint density at radius 3 is 3.00 bits per heavy atom. The smallest absolute Gasteiger partial charge is 0.127 e. The molecule has 0 aliphatic carbocycles. The molecule has 0 saturated heterocycles. The van der Waals surface area contributed by atoms with Crippen molar-refractivity contribution in [1.29, 1.82) is 0 Å². The van der Waals surface area contributed by atoms with Gasteiger partial charge in [0.2, 0.25) is 0 Å². The van der Waals surface area contributed by atoms with Crippen molar-refractivity contribution in [2.45, 2.75) is 11.4 Å². The molecule has 1 heterocycles. The first-order chi connectivity index (χ1) is 6.34. The van der Waals surface area contributed by atoms with Crippen LogP contribution in [-0.2, 0) is 22.1 Å². The maximum Gasteiger partial charge on any atom is 0.127 e. The monoisotopic (exact) mass is 215 g/mol. The largest absolute Gasteiger partial charge is 0.253 e. The molecule has 0 bridgehead atoms. The van der Waals surface area contributed by atoms with E-state index in [2.05, 4.69) is 4.98 Å². The van der Waals surface area contributed by atoms with Gasteiger partial charge in [0.25, 0.3) is 0 Å². The third kappa shape index (κ3) is 3.61. The SMILES string of the molecule is O=S=CCCS(=O)c1ccccn1. The van der Waals surface area contributed by atoms with Crippen LogP contribution in [0.4, 0.5) is 0 Å². The van der Waals surface area contributed by atoms with E-state index in [4.69, 9.17) is 0 Å². The molecule has 70 valence electrons. The summed E-state index contributed by atoms with van der Waals surface area (Å²) in [6.07, 6.45) is 2.16. The highest BCUT2D eigenvalue weighted by Crippen LogP contribution is 2.01. The van der Waals surface area contributed by atoms with Gasteiger partial charge in [0, 0.05) is 17.3 Å². The summed E-state index contributed by atoms with van der Waals surface area (Å²) in [6, 6.07) is 5.30. The van der Waals surface area contributed by atoms with Crippen molar-refractivity contribution in [3.8, 4) is 0 Å². The summed E-state index contributed by atoms with van der Waals surface area (Å²) in [5.41, 5.74) is 0. The molecule has 1 unspecified atom stereocenters. The maximum absolute atomic E-state index is 11.4. The van der Waals surface area contributed by atoms with Crippen LogP contribution in [0.15, 0.2) is 29.4 Å². The molecule has 1 aromatic heterocycles. The lowest BCUT2D eigenvalue weighted by Gasteiger charge is -1.96. The van der Waals surface area contributed by atoms with Crippen LogP contribution in [0.3, 0.4) is 0 Å². The lowest BCUT2D eigenvalue weighted by molar-refractivity contribution is 0.680. The van der Waals surface area contributed by atoms with Gasteiger partial charge in [-0.2, -0.15) is 0 Å². The highest BCUT2D eigenvalue weighted by atomic mass is 32.2. The van der Waals surface area contributed by atoms with Crippen LogP contribution in [-0.4, -0.2) is 24.5 Å². The van der Waals surface area contributed by atoms with Crippen LogP contribution >= 0.6 is 0 Å². The molecule has 13 heavy (non-hydrogen) atoms. The number of aromatic nitrogens is 1. The van der Waals surface area contributed by atoms with E-state index in [9.17, 15) is 8.42 Å². The van der Waals surface area contributed by atoms with Gasteiger partial charge in [0.15, 0.2) is 0 Å². The van der Waals surface area contributed by atoms with Gasteiger partial charge in [0.05, 0.1) is 22.1 Å². The van der Waals surface area contributed by atoms with Crippen molar-refractivity contribution in [3.63, 3.8) is 0 Å². The van der Waals surface area contributed by atoms with Crippen molar-refractivity contribution < 1.29 is 8.42 Å². The fraction of sp³-hybridized carbons (Fsp3) is 0.250. The molecule has 0 aliphatic rings. The van der Waals surface area contributed by atoms with E-state index >= 15 is 0 Å². The molecule has 3 nitrogen and oxygen atoms in total. The predicted molar refractivity (Wildman–Crippen MR) is 54.3 cm³/mol. The quantitative estimate of drug-likeness (QED) is 0.691. The predicted octanol–water partition coefficient (Wildman–Crippen LogP) is 0.595. The molecule has 0 saturated carbocycles. The van der Waals surface area contributed by atoms with Gasteiger partial charge in [-0.05, 0) is 18.6 Å². The van der Waals surface area contributed by atoms with Gasteiger partial charge in [-0.1, -0.05) is 6.07 Å². The molecular formula is C8H9NO2S2. The van der Waals surface area contributed by atoms with Crippen LogP contribution < -0.4 is 0 Å². The number of hydrogen-bond acceptors (Lipinski definition) is 3. The Hall–Kier alpha value is -0.810. The van der Waals surface area contributed by atoms with Crippen molar-refractivity contribution in [2.75, 3.05) is 5.75 Å². The van der Waals surface area contributed by atoms with Gasteiger partial charge >= 0.3 is 0 Å². The lowest BCUT2D eigenvalue weighted by atomic mass is 10.5. The molecule has 5 heteroatoms. The van der Waals surface area contributed by atoms with Gasteiger partial charge in [-0.25, -0.2) is 9.19 Å². The van der Waals surface area contributed by atoms with Gasteiger partial charge in [-0.3, -0.25) is 4.21 Å². The Balaban J connectivity index is 2.54. The first-order valence-corrected chi connectivity index (χ1v) is 5.86. The zero-order valence-electron chi connectivity index (χ0n) is 6.88. The van der Waals surface area contributed by atoms with Crippen LogP contribution in [0.5, 0.6) is 0 Å². The minimum atomic E-state index is -1.08. The maximum atomic E-state index is 11.4. The fourth-order valence-electron chi connectivity index (χ4n) is 0.790. The number of nitrogens with zero attached hydrogens (tertiary/aromatic N) is 1. The lowest BCUT2D eigenvalue weighted by Crippen LogP contribution is -2.00. The molecule has 1 rings (SSSR count). The van der Waals surface area contributed by atoms with E-state index in [-0.39, 0.29) is 0 Å². The van der Waals surface area contributed by atoms with E-state index in [1.54, 1.807) is 24.4 Å². The third-order valence-electron chi connectivity index (χ3n) is 1.36. The Labute approximate surface area is 82.7 Å². The minimum Gasteiger partial charge on any atom is -0.253 e. The highest BCUT2D eigenvalue weighted by molar-refractivity contribution is 7.85. The first kappa shape index (κ1) is 10.3. The molecule has 0 fully saturated rings. The summed E-state index contributed by atoms with van der Waals surface area (Å²) >= 11 is 0.409. The average Bonchev–Trinajstić information content (AvgIpc) is 2.19. The summed E-state index contributed by atoms with van der Waals surface area (Å²) in [5.74, 6) is 0.465. The fourth-order valence-corrected chi connectivity index (χ4v) is 2.10. The summed E-state index contributed by atoms with van der Waals surface area (Å²) in [6.45, 7) is 0. The summed E-state index contributed by atoms with van der Waals surface area (Å²) < 4.78 is 21.4. The minimum absolute atomic E-state index is 0.409. The Kier molecular flexibility index (Phi) is 4.56. The van der Waals surface area contributed by atoms with Crippen molar-refractivity contribution in [3.05, 3.63) is 24.4 Å². The van der Waals surface area contributed by atoms with Crippen LogP contribution in [0.1, 0.15) is 6.42 Å². The van der Waals surface area contributed by atoms with Crippen molar-refractivity contribution in [1.82, 2.24) is 4.98 Å². The van der Waals surface area contributed by atoms with Crippen LogP contribution in [0.2, 0.25) is 0 Å². The average molecular weight is 215 g/mol. The molecule has 1 aromatic rings. The topological polar surface area (TPSA) is 47.0 Å². The standard InChI is InChI=1S/C8H9NO2S2/c10-12-6-3-7-13(11)8-4-1-2-5-9-8/h1-2,4-6H,3,7H2. The zero-order valence-corrected chi connectivity index (χ0v) is 8.51. The molecule has 1 atom stereocenters. The summed E-state index contributed by atoms with van der Waals surface area (Å²) in [7, 11) is -1.08. The highest BCUT2D eigenvalue weighted by Gasteiger charge is 2.01. The molecule has 0 radical (unpaired) electrons. The van der Waals surface area contributed by atoms with Crippen LogP contribution in [0, 0.1) is 0 Å². The molecule has 0 amide bonds. The van der Waals surface area contributed by atoms with Crippen molar-refractivity contribution >= 4 is 27.4 Å².